The van der Waals surface area contributed by atoms with Crippen molar-refractivity contribution < 1.29 is 12.9 Å². The van der Waals surface area contributed by atoms with Crippen LogP contribution in [0.25, 0.3) is 0 Å². The zero-order valence-corrected chi connectivity index (χ0v) is 10.8. The monoisotopic (exact) mass is 256 g/mol. The van der Waals surface area contributed by atoms with Crippen LogP contribution in [0.1, 0.15) is 19.8 Å². The number of para-hydroxylation sites is 1. The summed E-state index contributed by atoms with van der Waals surface area (Å²) in [6.45, 7) is 3.81. The number of hydrogen-bond acceptors (Lipinski definition) is 4. The topological polar surface area (TPSA) is 52.6 Å². The second-order valence-corrected chi connectivity index (χ2v) is 4.35. The van der Waals surface area contributed by atoms with E-state index in [1.54, 1.807) is 0 Å². The molecular weight excluding hydrogens is 238 g/mol. The molecule has 0 heterocycles. The van der Waals surface area contributed by atoms with E-state index < -0.39 is 11.4 Å². The van der Waals surface area contributed by atoms with Crippen LogP contribution in [0.4, 0.5) is 5.69 Å². The van der Waals surface area contributed by atoms with Gasteiger partial charge in [0.25, 0.3) is 0 Å². The van der Waals surface area contributed by atoms with Gasteiger partial charge in [0, 0.05) is 18.8 Å². The van der Waals surface area contributed by atoms with Gasteiger partial charge in [-0.05, 0) is 18.6 Å². The minimum absolute atomic E-state index is 0.189. The summed E-state index contributed by atoms with van der Waals surface area (Å²) in [6.07, 6.45) is 2.19. The van der Waals surface area contributed by atoms with E-state index in [2.05, 4.69) is 16.0 Å². The normalized spacial score (nSPS) is 12.4. The van der Waals surface area contributed by atoms with Crippen molar-refractivity contribution in [3.8, 4) is 0 Å². The third kappa shape index (κ3) is 5.81. The maximum absolute atomic E-state index is 10.3. The van der Waals surface area contributed by atoms with Crippen LogP contribution >= 0.6 is 0 Å². The maximum Gasteiger partial charge on any atom is 0.0842 e. The van der Waals surface area contributed by atoms with E-state index in [9.17, 15) is 8.76 Å². The van der Waals surface area contributed by atoms with Crippen molar-refractivity contribution in [2.45, 2.75) is 19.8 Å². The van der Waals surface area contributed by atoms with E-state index in [4.69, 9.17) is 0 Å². The number of nitrogens with zero attached hydrogens (tertiary/aromatic N) is 1. The van der Waals surface area contributed by atoms with Gasteiger partial charge in [-0.1, -0.05) is 31.5 Å². The van der Waals surface area contributed by atoms with Crippen molar-refractivity contribution in [2.75, 3.05) is 24.6 Å². The molecule has 0 amide bonds. The van der Waals surface area contributed by atoms with E-state index in [1.165, 1.54) is 0 Å². The molecule has 1 aromatic carbocycles. The van der Waals surface area contributed by atoms with Gasteiger partial charge in [-0.2, -0.15) is 0 Å². The Labute approximate surface area is 105 Å². The minimum Gasteiger partial charge on any atom is -0.750 e. The lowest BCUT2D eigenvalue weighted by Crippen LogP contribution is -2.28. The molecule has 0 aromatic heterocycles. The molecule has 0 radical (unpaired) electrons. The van der Waals surface area contributed by atoms with Crippen molar-refractivity contribution in [3.05, 3.63) is 30.3 Å². The molecule has 5 heteroatoms. The van der Waals surface area contributed by atoms with Gasteiger partial charge in [0.2, 0.25) is 0 Å². The summed E-state index contributed by atoms with van der Waals surface area (Å²) >= 11 is -2.42. The molecule has 1 unspecified atom stereocenters. The second kappa shape index (κ2) is 8.22. The Hall–Kier alpha value is -0.910. The fourth-order valence-corrected chi connectivity index (χ4v) is 1.78. The highest BCUT2D eigenvalue weighted by atomic mass is 32.2. The van der Waals surface area contributed by atoms with Crippen molar-refractivity contribution in [2.24, 2.45) is 0 Å². The Morgan fingerprint density at radius 3 is 2.59 bits per heavy atom. The standard InChI is InChI=1S/C12H19NO3S/c1-2-3-9-13(10-11-16-17(14)15)12-7-5-4-6-8-12/h4-8H,2-3,9-11H2,1H3,(H,14,15)/p-1. The van der Waals surface area contributed by atoms with Crippen LogP contribution in [0.3, 0.4) is 0 Å². The molecule has 0 saturated heterocycles. The van der Waals surface area contributed by atoms with Crippen LogP contribution in [0.2, 0.25) is 0 Å². The summed E-state index contributed by atoms with van der Waals surface area (Å²) in [6, 6.07) is 9.94. The Kier molecular flexibility index (Phi) is 6.84. The van der Waals surface area contributed by atoms with Gasteiger partial charge in [-0.15, -0.1) is 0 Å². The van der Waals surface area contributed by atoms with E-state index in [0.29, 0.717) is 6.54 Å². The molecule has 0 fully saturated rings. The zero-order valence-electron chi connectivity index (χ0n) is 10.0. The molecule has 0 bridgehead atoms. The number of rotatable bonds is 8. The predicted molar refractivity (Wildman–Crippen MR) is 68.4 cm³/mol. The first-order valence-corrected chi connectivity index (χ1v) is 6.76. The fourth-order valence-electron chi connectivity index (χ4n) is 1.57. The molecule has 1 aromatic rings. The van der Waals surface area contributed by atoms with Crippen LogP contribution in [0, 0.1) is 0 Å². The van der Waals surface area contributed by atoms with E-state index in [1.807, 2.05) is 30.3 Å². The number of anilines is 1. The van der Waals surface area contributed by atoms with E-state index in [-0.39, 0.29) is 6.61 Å². The summed E-state index contributed by atoms with van der Waals surface area (Å²) in [7, 11) is 0. The maximum atomic E-state index is 10.3. The lowest BCUT2D eigenvalue weighted by molar-refractivity contribution is 0.305. The average Bonchev–Trinajstić information content (AvgIpc) is 2.34. The highest BCUT2D eigenvalue weighted by Gasteiger charge is 2.05. The Morgan fingerprint density at radius 2 is 2.00 bits per heavy atom. The molecule has 0 spiro atoms. The van der Waals surface area contributed by atoms with Crippen LogP contribution in [0.5, 0.6) is 0 Å². The van der Waals surface area contributed by atoms with Crippen molar-refractivity contribution in [3.63, 3.8) is 0 Å². The summed E-state index contributed by atoms with van der Waals surface area (Å²) in [5.74, 6) is 0. The van der Waals surface area contributed by atoms with Crippen LogP contribution < -0.4 is 4.90 Å². The molecule has 17 heavy (non-hydrogen) atoms. The quantitative estimate of drug-likeness (QED) is 0.668. The molecule has 0 aliphatic rings. The van der Waals surface area contributed by atoms with Gasteiger partial charge < -0.3 is 9.45 Å². The Bertz CT molecular complexity index is 332. The van der Waals surface area contributed by atoms with Crippen LogP contribution in [-0.2, 0) is 15.5 Å². The smallest absolute Gasteiger partial charge is 0.0842 e. The van der Waals surface area contributed by atoms with Crippen LogP contribution in [0.15, 0.2) is 30.3 Å². The Morgan fingerprint density at radius 1 is 1.29 bits per heavy atom. The SMILES string of the molecule is CCCCN(CCOS(=O)[O-])c1ccccc1. The zero-order chi connectivity index (χ0) is 12.5. The summed E-state index contributed by atoms with van der Waals surface area (Å²) in [5, 5.41) is 0. The second-order valence-electron chi connectivity index (χ2n) is 3.70. The first kappa shape index (κ1) is 14.2. The van der Waals surface area contributed by atoms with E-state index >= 15 is 0 Å². The first-order valence-electron chi connectivity index (χ1n) is 5.76. The van der Waals surface area contributed by atoms with Crippen molar-refractivity contribution in [1.82, 2.24) is 0 Å². The third-order valence-corrected chi connectivity index (χ3v) is 2.80. The summed E-state index contributed by atoms with van der Waals surface area (Å²) in [5.41, 5.74) is 1.10. The van der Waals surface area contributed by atoms with Gasteiger partial charge >= 0.3 is 0 Å². The molecule has 96 valence electrons. The number of unbranched alkanes of at least 4 members (excludes halogenated alkanes) is 1. The predicted octanol–water partition coefficient (Wildman–Crippen LogP) is 2.10. The minimum atomic E-state index is -2.42. The van der Waals surface area contributed by atoms with Crippen molar-refractivity contribution >= 4 is 17.0 Å². The molecular formula is C12H18NO3S-. The molecule has 0 aliphatic heterocycles. The number of hydrogen-bond donors (Lipinski definition) is 0. The fraction of sp³-hybridized carbons (Fsp3) is 0.500. The van der Waals surface area contributed by atoms with Gasteiger partial charge in [0.1, 0.15) is 0 Å². The Balaban J connectivity index is 2.51. The third-order valence-electron chi connectivity index (χ3n) is 2.44. The molecule has 0 saturated carbocycles. The first-order chi connectivity index (χ1) is 8.24. The van der Waals surface area contributed by atoms with Gasteiger partial charge in [-0.3, -0.25) is 4.18 Å². The molecule has 0 aliphatic carbocycles. The van der Waals surface area contributed by atoms with Crippen molar-refractivity contribution in [1.29, 1.82) is 0 Å². The summed E-state index contributed by atoms with van der Waals surface area (Å²) in [4.78, 5) is 2.14. The lowest BCUT2D eigenvalue weighted by atomic mass is 10.2. The average molecular weight is 256 g/mol. The molecule has 4 nitrogen and oxygen atoms in total. The van der Waals surface area contributed by atoms with Gasteiger partial charge in [-0.25, -0.2) is 4.21 Å². The highest BCUT2D eigenvalue weighted by Crippen LogP contribution is 2.13. The largest absolute Gasteiger partial charge is 0.750 e. The van der Waals surface area contributed by atoms with Gasteiger partial charge in [0.05, 0.1) is 18.0 Å². The summed E-state index contributed by atoms with van der Waals surface area (Å²) < 4.78 is 25.1. The molecule has 1 atom stereocenters. The molecule has 0 N–H and O–H groups in total. The lowest BCUT2D eigenvalue weighted by Gasteiger charge is -2.24. The van der Waals surface area contributed by atoms with Crippen LogP contribution in [-0.4, -0.2) is 28.5 Å². The molecule has 1 rings (SSSR count). The highest BCUT2D eigenvalue weighted by molar-refractivity contribution is 7.74. The van der Waals surface area contributed by atoms with E-state index in [0.717, 1.165) is 25.1 Å². The number of benzene rings is 1. The van der Waals surface area contributed by atoms with Gasteiger partial charge in [0.15, 0.2) is 0 Å².